The Morgan fingerprint density at radius 2 is 2.00 bits per heavy atom. The Morgan fingerprint density at radius 3 is 2.68 bits per heavy atom. The molecule has 0 unspecified atom stereocenters. The Morgan fingerprint density at radius 1 is 1.20 bits per heavy atom. The molecule has 1 N–H and O–H groups in total. The molecule has 0 saturated carbocycles. The summed E-state index contributed by atoms with van der Waals surface area (Å²) in [6.07, 6.45) is 2.44. The molecule has 0 aliphatic carbocycles. The minimum absolute atomic E-state index is 0.119. The lowest BCUT2D eigenvalue weighted by Gasteiger charge is -2.21. The minimum atomic E-state index is -0.119. The van der Waals surface area contributed by atoms with Crippen molar-refractivity contribution in [3.05, 3.63) is 47.9 Å². The fourth-order valence-electron chi connectivity index (χ4n) is 2.56. The summed E-state index contributed by atoms with van der Waals surface area (Å²) in [7, 11) is 4.10. The number of benzene rings is 1. The maximum absolute atomic E-state index is 12.9. The number of hydrogen-bond donors (Lipinski definition) is 1. The monoisotopic (exact) mass is 341 g/mol. The number of carbonyl (C=O) groups excluding carboxylic acids is 1. The van der Waals surface area contributed by atoms with Crippen molar-refractivity contribution < 1.29 is 4.79 Å². The number of nitrogens with one attached hydrogen (secondary N) is 1. The number of aryl methyl sites for hydroxylation is 1. The number of nitrogens with zero attached hydrogens (tertiary/aromatic N) is 4. The van der Waals surface area contributed by atoms with Crippen molar-refractivity contribution in [2.45, 2.75) is 20.3 Å². The minimum Gasteiger partial charge on any atom is -0.370 e. The Balaban J connectivity index is 2.08. The van der Waals surface area contributed by atoms with Gasteiger partial charge >= 0.3 is 0 Å². The van der Waals surface area contributed by atoms with E-state index in [4.69, 9.17) is 0 Å². The summed E-state index contributed by atoms with van der Waals surface area (Å²) in [6, 6.07) is 9.63. The fraction of sp³-hybridized carbons (Fsp3) is 0.421. The Kier molecular flexibility index (Phi) is 6.89. The zero-order valence-corrected chi connectivity index (χ0v) is 15.5. The molecule has 25 heavy (non-hydrogen) atoms. The first-order valence-electron chi connectivity index (χ1n) is 8.60. The van der Waals surface area contributed by atoms with Gasteiger partial charge in [-0.3, -0.25) is 4.79 Å². The van der Waals surface area contributed by atoms with Gasteiger partial charge in [0.2, 0.25) is 0 Å². The van der Waals surface area contributed by atoms with Gasteiger partial charge in [-0.2, -0.15) is 0 Å². The molecular weight excluding hydrogens is 314 g/mol. The highest BCUT2D eigenvalue weighted by atomic mass is 16.2. The summed E-state index contributed by atoms with van der Waals surface area (Å²) in [5, 5.41) is 3.25. The normalized spacial score (nSPS) is 10.8. The number of hydrogen-bond acceptors (Lipinski definition) is 5. The maximum atomic E-state index is 12.9. The van der Waals surface area contributed by atoms with Crippen LogP contribution in [0.15, 0.2) is 36.7 Å². The summed E-state index contributed by atoms with van der Waals surface area (Å²) in [5.74, 6) is 0.559. The summed E-state index contributed by atoms with van der Waals surface area (Å²) >= 11 is 0. The Labute approximate surface area is 149 Å². The van der Waals surface area contributed by atoms with E-state index in [-0.39, 0.29) is 5.91 Å². The summed E-state index contributed by atoms with van der Waals surface area (Å²) in [4.78, 5) is 25.1. The van der Waals surface area contributed by atoms with E-state index in [0.29, 0.717) is 18.1 Å². The van der Waals surface area contributed by atoms with Crippen LogP contribution in [0.2, 0.25) is 0 Å². The Bertz CT molecular complexity index is 702. The number of rotatable bonds is 8. The largest absolute Gasteiger partial charge is 0.370 e. The van der Waals surface area contributed by atoms with E-state index in [2.05, 4.69) is 20.2 Å². The number of anilines is 2. The molecule has 2 rings (SSSR count). The summed E-state index contributed by atoms with van der Waals surface area (Å²) in [6.45, 7) is 6.36. The highest BCUT2D eigenvalue weighted by molar-refractivity contribution is 6.05. The maximum Gasteiger partial charge on any atom is 0.277 e. The van der Waals surface area contributed by atoms with Gasteiger partial charge in [-0.05, 0) is 58.6 Å². The van der Waals surface area contributed by atoms with Crippen LogP contribution in [-0.4, -0.2) is 54.5 Å². The predicted molar refractivity (Wildman–Crippen MR) is 102 cm³/mol. The van der Waals surface area contributed by atoms with E-state index in [9.17, 15) is 4.79 Å². The Hall–Kier alpha value is -2.47. The van der Waals surface area contributed by atoms with Crippen LogP contribution in [0, 0.1) is 6.92 Å². The smallest absolute Gasteiger partial charge is 0.277 e. The lowest BCUT2D eigenvalue weighted by atomic mass is 10.2. The molecule has 0 radical (unpaired) electrons. The molecule has 6 nitrogen and oxygen atoms in total. The van der Waals surface area contributed by atoms with Crippen LogP contribution >= 0.6 is 0 Å². The molecule has 0 atom stereocenters. The average Bonchev–Trinajstić information content (AvgIpc) is 2.59. The number of amides is 1. The lowest BCUT2D eigenvalue weighted by molar-refractivity contribution is 0.0983. The van der Waals surface area contributed by atoms with Crippen LogP contribution in [-0.2, 0) is 0 Å². The van der Waals surface area contributed by atoms with Crippen LogP contribution in [0.3, 0.4) is 0 Å². The second-order valence-corrected chi connectivity index (χ2v) is 6.26. The van der Waals surface area contributed by atoms with Crippen molar-refractivity contribution in [2.75, 3.05) is 43.9 Å². The van der Waals surface area contributed by atoms with Crippen molar-refractivity contribution in [3.8, 4) is 0 Å². The van der Waals surface area contributed by atoms with Crippen LogP contribution < -0.4 is 10.2 Å². The van der Waals surface area contributed by atoms with Gasteiger partial charge in [0.15, 0.2) is 0 Å². The van der Waals surface area contributed by atoms with Gasteiger partial charge in [0.25, 0.3) is 5.91 Å². The van der Waals surface area contributed by atoms with E-state index in [1.54, 1.807) is 11.0 Å². The molecule has 0 fully saturated rings. The van der Waals surface area contributed by atoms with E-state index in [1.807, 2.05) is 52.2 Å². The van der Waals surface area contributed by atoms with Gasteiger partial charge in [-0.25, -0.2) is 9.97 Å². The van der Waals surface area contributed by atoms with Gasteiger partial charge in [-0.15, -0.1) is 0 Å². The van der Waals surface area contributed by atoms with Gasteiger partial charge in [-0.1, -0.05) is 12.1 Å². The molecular formula is C19H27N5O. The number of aromatic nitrogens is 2. The van der Waals surface area contributed by atoms with Crippen LogP contribution in [0.1, 0.15) is 29.4 Å². The summed E-state index contributed by atoms with van der Waals surface area (Å²) in [5.41, 5.74) is 2.40. The fourth-order valence-corrected chi connectivity index (χ4v) is 2.56. The van der Waals surface area contributed by atoms with Crippen molar-refractivity contribution >= 4 is 17.4 Å². The second-order valence-electron chi connectivity index (χ2n) is 6.26. The van der Waals surface area contributed by atoms with Crippen molar-refractivity contribution in [3.63, 3.8) is 0 Å². The first-order chi connectivity index (χ1) is 12.0. The molecule has 2 aromatic rings. The lowest BCUT2D eigenvalue weighted by Crippen LogP contribution is -2.31. The first-order valence-corrected chi connectivity index (χ1v) is 8.60. The third-order valence-electron chi connectivity index (χ3n) is 3.85. The van der Waals surface area contributed by atoms with E-state index >= 15 is 0 Å². The highest BCUT2D eigenvalue weighted by Crippen LogP contribution is 2.18. The highest BCUT2D eigenvalue weighted by Gasteiger charge is 2.18. The van der Waals surface area contributed by atoms with E-state index in [0.717, 1.165) is 30.8 Å². The topological polar surface area (TPSA) is 61.4 Å². The molecule has 1 amide bonds. The quantitative estimate of drug-likeness (QED) is 0.748. The number of carbonyl (C=O) groups is 1. The molecule has 0 bridgehead atoms. The molecule has 1 aromatic carbocycles. The van der Waals surface area contributed by atoms with Gasteiger partial charge in [0, 0.05) is 24.8 Å². The van der Waals surface area contributed by atoms with Crippen molar-refractivity contribution in [2.24, 2.45) is 0 Å². The van der Waals surface area contributed by atoms with Crippen molar-refractivity contribution in [1.29, 1.82) is 0 Å². The van der Waals surface area contributed by atoms with Crippen molar-refractivity contribution in [1.82, 2.24) is 14.9 Å². The molecule has 1 aromatic heterocycles. The third kappa shape index (κ3) is 5.53. The molecule has 0 aliphatic rings. The van der Waals surface area contributed by atoms with Gasteiger partial charge in [0.05, 0.1) is 0 Å². The van der Waals surface area contributed by atoms with Crippen LogP contribution in [0.5, 0.6) is 0 Å². The third-order valence-corrected chi connectivity index (χ3v) is 3.85. The molecule has 134 valence electrons. The van der Waals surface area contributed by atoms with Gasteiger partial charge < -0.3 is 15.1 Å². The molecule has 1 heterocycles. The van der Waals surface area contributed by atoms with Gasteiger partial charge in [0.1, 0.15) is 17.8 Å². The zero-order valence-electron chi connectivity index (χ0n) is 15.5. The van der Waals surface area contributed by atoms with Crippen LogP contribution in [0.25, 0.3) is 0 Å². The van der Waals surface area contributed by atoms with Crippen LogP contribution in [0.4, 0.5) is 11.5 Å². The molecule has 0 aliphatic heterocycles. The molecule has 0 spiro atoms. The predicted octanol–water partition coefficient (Wildman–Crippen LogP) is 2.82. The van der Waals surface area contributed by atoms with E-state index in [1.165, 1.54) is 6.33 Å². The molecule has 6 heteroatoms. The second kappa shape index (κ2) is 9.13. The van der Waals surface area contributed by atoms with E-state index < -0.39 is 0 Å². The zero-order chi connectivity index (χ0) is 18.2. The molecule has 0 saturated heterocycles. The average molecular weight is 341 g/mol. The standard InChI is InChI=1S/C19H27N5O/c1-5-24(16-9-6-8-15(2)12-16)19(25)17-13-18(22-14-21-17)20-10-7-11-23(3)4/h6,8-9,12-14H,5,7,10-11H2,1-4H3,(H,20,21,22). The SMILES string of the molecule is CCN(C(=O)c1cc(NCCCN(C)C)ncn1)c1cccc(C)c1. The summed E-state index contributed by atoms with van der Waals surface area (Å²) < 4.78 is 0. The first kappa shape index (κ1) is 18.9.